The van der Waals surface area contributed by atoms with Crippen LogP contribution in [0.4, 0.5) is 0 Å². The van der Waals surface area contributed by atoms with Crippen LogP contribution >= 0.6 is 0 Å². The third-order valence-corrected chi connectivity index (χ3v) is 1.75. The maximum absolute atomic E-state index is 10.7. The van der Waals surface area contributed by atoms with Crippen molar-refractivity contribution in [2.75, 3.05) is 26.4 Å². The summed E-state index contributed by atoms with van der Waals surface area (Å²) in [5.74, 6) is -0.838. The summed E-state index contributed by atoms with van der Waals surface area (Å²) < 4.78 is 13.9. The molecule has 0 aliphatic carbocycles. The molecule has 22 heavy (non-hydrogen) atoms. The molecule has 1 saturated heterocycles. The summed E-state index contributed by atoms with van der Waals surface area (Å²) in [6.07, 6.45) is 3.03. The van der Waals surface area contributed by atoms with E-state index in [0.717, 1.165) is 6.08 Å². The van der Waals surface area contributed by atoms with E-state index in [1.807, 2.05) is 0 Å². The zero-order chi connectivity index (χ0) is 17.4. The van der Waals surface area contributed by atoms with Crippen LogP contribution in [-0.4, -0.2) is 55.9 Å². The minimum atomic E-state index is -0.501. The van der Waals surface area contributed by atoms with Gasteiger partial charge >= 0.3 is 11.9 Å². The fourth-order valence-corrected chi connectivity index (χ4v) is 0.661. The average Bonchev–Trinajstić information content (AvgIpc) is 3.35. The van der Waals surface area contributed by atoms with Crippen molar-refractivity contribution in [3.8, 4) is 0 Å². The van der Waals surface area contributed by atoms with Crippen molar-refractivity contribution in [2.24, 2.45) is 0 Å². The first-order valence-electron chi connectivity index (χ1n) is 6.33. The smallest absolute Gasteiger partial charge is 0.333 e. The highest BCUT2D eigenvalue weighted by atomic mass is 16.6. The van der Waals surface area contributed by atoms with Gasteiger partial charge in [0.15, 0.2) is 0 Å². The number of allylic oxidation sites excluding steroid dienone is 1. The highest BCUT2D eigenvalue weighted by Crippen LogP contribution is 2.09. The summed E-state index contributed by atoms with van der Waals surface area (Å²) in [6.45, 7) is 12.3. The number of ether oxygens (including phenoxy) is 3. The van der Waals surface area contributed by atoms with Gasteiger partial charge in [0.1, 0.15) is 25.6 Å². The average molecular weight is 314 g/mol. The van der Waals surface area contributed by atoms with Gasteiger partial charge in [0.2, 0.25) is 0 Å². The van der Waals surface area contributed by atoms with Gasteiger partial charge < -0.3 is 19.3 Å². The van der Waals surface area contributed by atoms with Gasteiger partial charge in [-0.3, -0.25) is 4.79 Å². The number of hydrogen-bond donors (Lipinski definition) is 1. The predicted octanol–water partition coefficient (Wildman–Crippen LogP) is 0.584. The van der Waals surface area contributed by atoms with Crippen molar-refractivity contribution < 1.29 is 33.7 Å². The number of carbonyl (C=O) groups excluding carboxylic acids is 3. The van der Waals surface area contributed by atoms with Crippen LogP contribution in [0.5, 0.6) is 0 Å². The summed E-state index contributed by atoms with van der Waals surface area (Å²) in [6, 6.07) is 0. The molecule has 1 rings (SSSR count). The van der Waals surface area contributed by atoms with Crippen LogP contribution < -0.4 is 0 Å². The topological polar surface area (TPSA) is 102 Å². The van der Waals surface area contributed by atoms with Crippen molar-refractivity contribution in [1.29, 1.82) is 0 Å². The van der Waals surface area contributed by atoms with Crippen molar-refractivity contribution >= 4 is 18.2 Å². The highest BCUT2D eigenvalue weighted by Gasteiger charge is 2.24. The summed E-state index contributed by atoms with van der Waals surface area (Å²) in [5, 5.41) is 8.10. The maximum Gasteiger partial charge on any atom is 0.333 e. The largest absolute Gasteiger partial charge is 0.460 e. The molecule has 1 aliphatic heterocycles. The minimum Gasteiger partial charge on any atom is -0.460 e. The fourth-order valence-electron chi connectivity index (χ4n) is 0.661. The Hall–Kier alpha value is -2.25. The SMILES string of the molecule is C=C(C)C(=O)OCC1CO1.C=CC(=O)OCCO.C=CC=O. The number of epoxide rings is 1. The molecule has 124 valence electrons. The first kappa shape index (κ1) is 22.0. The van der Waals surface area contributed by atoms with Gasteiger partial charge in [0.25, 0.3) is 0 Å². The molecule has 0 aromatic carbocycles. The predicted molar refractivity (Wildman–Crippen MR) is 80.0 cm³/mol. The van der Waals surface area contributed by atoms with Crippen molar-refractivity contribution in [3.63, 3.8) is 0 Å². The van der Waals surface area contributed by atoms with Gasteiger partial charge in [-0.2, -0.15) is 0 Å². The number of aldehydes is 1. The van der Waals surface area contributed by atoms with Crippen molar-refractivity contribution in [2.45, 2.75) is 13.0 Å². The zero-order valence-electron chi connectivity index (χ0n) is 12.7. The number of hydrogen-bond acceptors (Lipinski definition) is 7. The fraction of sp³-hybridized carbons (Fsp3) is 0.400. The molecule has 1 atom stereocenters. The Morgan fingerprint density at radius 2 is 1.91 bits per heavy atom. The Morgan fingerprint density at radius 3 is 2.23 bits per heavy atom. The monoisotopic (exact) mass is 314 g/mol. The molecular weight excluding hydrogens is 292 g/mol. The van der Waals surface area contributed by atoms with Crippen LogP contribution in [0.1, 0.15) is 6.92 Å². The van der Waals surface area contributed by atoms with E-state index >= 15 is 0 Å². The summed E-state index contributed by atoms with van der Waals surface area (Å²) >= 11 is 0. The third-order valence-electron chi connectivity index (χ3n) is 1.75. The van der Waals surface area contributed by atoms with Crippen LogP contribution in [0.25, 0.3) is 0 Å². The number of esters is 2. The Balaban J connectivity index is 0. The number of carbonyl (C=O) groups is 3. The lowest BCUT2D eigenvalue weighted by atomic mass is 10.4. The van der Waals surface area contributed by atoms with E-state index in [4.69, 9.17) is 19.4 Å². The maximum atomic E-state index is 10.7. The van der Waals surface area contributed by atoms with Gasteiger partial charge in [-0.25, -0.2) is 9.59 Å². The van der Waals surface area contributed by atoms with Crippen LogP contribution in [0.3, 0.4) is 0 Å². The minimum absolute atomic E-state index is 0.0465. The van der Waals surface area contributed by atoms with Crippen LogP contribution in [0.15, 0.2) is 37.5 Å². The first-order valence-corrected chi connectivity index (χ1v) is 6.33. The molecule has 0 aromatic rings. The Labute approximate surface area is 129 Å². The van der Waals surface area contributed by atoms with Crippen LogP contribution in [0.2, 0.25) is 0 Å². The van der Waals surface area contributed by atoms with Gasteiger partial charge in [-0.05, 0) is 13.0 Å². The molecular formula is C15H22O7. The zero-order valence-corrected chi connectivity index (χ0v) is 12.7. The van der Waals surface area contributed by atoms with Gasteiger partial charge in [-0.1, -0.05) is 19.7 Å². The van der Waals surface area contributed by atoms with E-state index in [9.17, 15) is 9.59 Å². The molecule has 0 radical (unpaired) electrons. The Morgan fingerprint density at radius 1 is 1.36 bits per heavy atom. The molecule has 1 fully saturated rings. The molecule has 0 amide bonds. The van der Waals surface area contributed by atoms with E-state index in [0.29, 0.717) is 25.1 Å². The van der Waals surface area contributed by atoms with Crippen LogP contribution in [0, 0.1) is 0 Å². The normalized spacial score (nSPS) is 13.8. The highest BCUT2D eigenvalue weighted by molar-refractivity contribution is 5.86. The van der Waals surface area contributed by atoms with E-state index < -0.39 is 5.97 Å². The van der Waals surface area contributed by atoms with E-state index in [1.165, 1.54) is 6.08 Å². The lowest BCUT2D eigenvalue weighted by Gasteiger charge is -1.99. The molecule has 1 unspecified atom stereocenters. The Kier molecular flexibility index (Phi) is 15.2. The molecule has 7 heteroatoms. The van der Waals surface area contributed by atoms with Crippen molar-refractivity contribution in [1.82, 2.24) is 0 Å². The quantitative estimate of drug-likeness (QED) is 0.317. The molecule has 0 spiro atoms. The lowest BCUT2D eigenvalue weighted by Crippen LogP contribution is -2.09. The van der Waals surface area contributed by atoms with Crippen molar-refractivity contribution in [3.05, 3.63) is 37.5 Å². The molecule has 0 saturated carbocycles. The summed E-state index contributed by atoms with van der Waals surface area (Å²) in [4.78, 5) is 29.9. The molecule has 1 aliphatic rings. The van der Waals surface area contributed by atoms with Gasteiger partial charge in [0, 0.05) is 11.6 Å². The van der Waals surface area contributed by atoms with E-state index in [1.54, 1.807) is 6.92 Å². The number of rotatable bonds is 7. The summed E-state index contributed by atoms with van der Waals surface area (Å²) in [5.41, 5.74) is 0.431. The van der Waals surface area contributed by atoms with Gasteiger partial charge in [-0.15, -0.1) is 0 Å². The first-order chi connectivity index (χ1) is 10.4. The second kappa shape index (κ2) is 15.1. The molecule has 1 N–H and O–H groups in total. The second-order valence-corrected chi connectivity index (χ2v) is 3.80. The Bertz CT molecular complexity index is 377. The summed E-state index contributed by atoms with van der Waals surface area (Å²) in [7, 11) is 0. The lowest BCUT2D eigenvalue weighted by molar-refractivity contribution is -0.139. The van der Waals surface area contributed by atoms with E-state index in [-0.39, 0.29) is 25.3 Å². The molecule has 7 nitrogen and oxygen atoms in total. The number of aliphatic hydroxyl groups excluding tert-OH is 1. The molecule has 0 aromatic heterocycles. The number of aliphatic hydroxyl groups is 1. The molecule has 1 heterocycles. The standard InChI is InChI=1S/C7H10O3.C5H8O3.C3H4O/c1-5(2)7(8)10-4-6-3-9-6;1-2-5(7)8-4-3-6;1-2-3-4/h6H,1,3-4H2,2H3;2,6H,1,3-4H2;2-3H,1H2. The molecule has 0 bridgehead atoms. The van der Waals surface area contributed by atoms with E-state index in [2.05, 4.69) is 24.5 Å². The van der Waals surface area contributed by atoms with Gasteiger partial charge in [0.05, 0.1) is 13.2 Å². The van der Waals surface area contributed by atoms with Crippen LogP contribution in [-0.2, 0) is 28.6 Å². The third kappa shape index (κ3) is 17.8. The second-order valence-electron chi connectivity index (χ2n) is 3.80.